The Morgan fingerprint density at radius 3 is 2.52 bits per heavy atom. The standard InChI is InChI=1S/C16H19F3N4O2/c17-16(18,19)11-2-1-3-12(8-11)22-4-6-23(7-5-22)15(25)13-9-20-10-14(24)21-13/h1-3,8,13,20H,4-7,9-10H2,(H,21,24). The van der Waals surface area contributed by atoms with Gasteiger partial charge in [-0.05, 0) is 18.2 Å². The summed E-state index contributed by atoms with van der Waals surface area (Å²) in [6.45, 7) is 2.29. The Kier molecular flexibility index (Phi) is 4.85. The summed E-state index contributed by atoms with van der Waals surface area (Å²) in [6, 6.07) is 4.61. The fourth-order valence-electron chi connectivity index (χ4n) is 3.06. The van der Waals surface area contributed by atoms with Crippen LogP contribution in [0.15, 0.2) is 24.3 Å². The van der Waals surface area contributed by atoms with Gasteiger partial charge in [0.2, 0.25) is 11.8 Å². The van der Waals surface area contributed by atoms with Crippen LogP contribution in [0.25, 0.3) is 0 Å². The van der Waals surface area contributed by atoms with Crippen LogP contribution in [-0.2, 0) is 15.8 Å². The van der Waals surface area contributed by atoms with E-state index in [-0.39, 0.29) is 18.4 Å². The van der Waals surface area contributed by atoms with Gasteiger partial charge in [0.25, 0.3) is 0 Å². The molecule has 2 amide bonds. The summed E-state index contributed by atoms with van der Waals surface area (Å²) in [5, 5.41) is 5.53. The van der Waals surface area contributed by atoms with E-state index in [1.54, 1.807) is 11.0 Å². The third-order valence-corrected chi connectivity index (χ3v) is 4.40. The number of hydrogen-bond donors (Lipinski definition) is 2. The van der Waals surface area contributed by atoms with Crippen molar-refractivity contribution in [2.45, 2.75) is 12.2 Å². The van der Waals surface area contributed by atoms with Crippen LogP contribution in [-0.4, -0.2) is 62.0 Å². The van der Waals surface area contributed by atoms with Gasteiger partial charge in [-0.2, -0.15) is 13.2 Å². The van der Waals surface area contributed by atoms with E-state index in [1.807, 2.05) is 4.90 Å². The van der Waals surface area contributed by atoms with Gasteiger partial charge in [0.1, 0.15) is 6.04 Å². The minimum atomic E-state index is -4.38. The molecule has 0 bridgehead atoms. The highest BCUT2D eigenvalue weighted by atomic mass is 19.4. The number of rotatable bonds is 2. The number of nitrogens with one attached hydrogen (secondary N) is 2. The summed E-state index contributed by atoms with van der Waals surface area (Å²) in [6.07, 6.45) is -4.38. The van der Waals surface area contributed by atoms with Crippen molar-refractivity contribution in [1.82, 2.24) is 15.5 Å². The molecule has 0 saturated carbocycles. The fourth-order valence-corrected chi connectivity index (χ4v) is 3.06. The Hall–Kier alpha value is -2.29. The number of carbonyl (C=O) groups is 2. The van der Waals surface area contributed by atoms with E-state index in [9.17, 15) is 22.8 Å². The second-order valence-corrected chi connectivity index (χ2v) is 6.11. The summed E-state index contributed by atoms with van der Waals surface area (Å²) < 4.78 is 38.5. The van der Waals surface area contributed by atoms with Gasteiger partial charge in [-0.3, -0.25) is 9.59 Å². The van der Waals surface area contributed by atoms with Crippen molar-refractivity contribution < 1.29 is 22.8 Å². The molecule has 25 heavy (non-hydrogen) atoms. The first-order valence-corrected chi connectivity index (χ1v) is 8.05. The maximum atomic E-state index is 12.8. The maximum absolute atomic E-state index is 12.8. The molecular weight excluding hydrogens is 337 g/mol. The lowest BCUT2D eigenvalue weighted by Gasteiger charge is -2.38. The van der Waals surface area contributed by atoms with Gasteiger partial charge < -0.3 is 20.4 Å². The van der Waals surface area contributed by atoms with E-state index >= 15 is 0 Å². The molecule has 2 aliphatic rings. The predicted octanol–water partition coefficient (Wildman–Crippen LogP) is 0.442. The molecule has 0 aromatic heterocycles. The average Bonchev–Trinajstić information content (AvgIpc) is 2.61. The number of halogens is 3. The second-order valence-electron chi connectivity index (χ2n) is 6.11. The quantitative estimate of drug-likeness (QED) is 0.807. The summed E-state index contributed by atoms with van der Waals surface area (Å²) in [5.74, 6) is -0.378. The largest absolute Gasteiger partial charge is 0.416 e. The molecule has 2 aliphatic heterocycles. The van der Waals surface area contributed by atoms with E-state index in [2.05, 4.69) is 10.6 Å². The fraction of sp³-hybridized carbons (Fsp3) is 0.500. The number of anilines is 1. The van der Waals surface area contributed by atoms with Crippen LogP contribution in [0.3, 0.4) is 0 Å². The van der Waals surface area contributed by atoms with Crippen LogP contribution >= 0.6 is 0 Å². The molecule has 2 heterocycles. The van der Waals surface area contributed by atoms with Crippen molar-refractivity contribution in [3.05, 3.63) is 29.8 Å². The van der Waals surface area contributed by atoms with Crippen molar-refractivity contribution in [3.8, 4) is 0 Å². The number of benzene rings is 1. The first-order valence-electron chi connectivity index (χ1n) is 8.05. The number of amides is 2. The molecule has 136 valence electrons. The lowest BCUT2D eigenvalue weighted by molar-refractivity contribution is -0.137. The SMILES string of the molecule is O=C1CNCC(C(=O)N2CCN(c3cccc(C(F)(F)F)c3)CC2)N1. The monoisotopic (exact) mass is 356 g/mol. The third kappa shape index (κ3) is 4.04. The summed E-state index contributed by atoms with van der Waals surface area (Å²) in [4.78, 5) is 27.3. The van der Waals surface area contributed by atoms with Gasteiger partial charge in [-0.25, -0.2) is 0 Å². The molecule has 1 unspecified atom stereocenters. The molecule has 1 aromatic carbocycles. The van der Waals surface area contributed by atoms with Crippen LogP contribution in [0.1, 0.15) is 5.56 Å². The molecule has 1 aromatic rings. The maximum Gasteiger partial charge on any atom is 0.416 e. The molecule has 0 spiro atoms. The van der Waals surface area contributed by atoms with Gasteiger partial charge >= 0.3 is 6.18 Å². The van der Waals surface area contributed by atoms with Crippen molar-refractivity contribution in [2.24, 2.45) is 0 Å². The Labute approximate surface area is 143 Å². The normalized spacial score (nSPS) is 21.9. The van der Waals surface area contributed by atoms with Crippen molar-refractivity contribution in [1.29, 1.82) is 0 Å². The van der Waals surface area contributed by atoms with E-state index in [1.165, 1.54) is 6.07 Å². The van der Waals surface area contributed by atoms with Crippen molar-refractivity contribution >= 4 is 17.5 Å². The second kappa shape index (κ2) is 6.91. The van der Waals surface area contributed by atoms with E-state index in [4.69, 9.17) is 0 Å². The topological polar surface area (TPSA) is 64.7 Å². The van der Waals surface area contributed by atoms with Crippen LogP contribution in [0.4, 0.5) is 18.9 Å². The van der Waals surface area contributed by atoms with E-state index in [0.29, 0.717) is 38.4 Å². The number of alkyl halides is 3. The minimum Gasteiger partial charge on any atom is -0.368 e. The lowest BCUT2D eigenvalue weighted by Crippen LogP contribution is -2.61. The zero-order valence-corrected chi connectivity index (χ0v) is 13.5. The lowest BCUT2D eigenvalue weighted by atomic mass is 10.1. The number of hydrogen-bond acceptors (Lipinski definition) is 4. The van der Waals surface area contributed by atoms with Gasteiger partial charge in [-0.15, -0.1) is 0 Å². The van der Waals surface area contributed by atoms with Crippen molar-refractivity contribution in [3.63, 3.8) is 0 Å². The Bertz CT molecular complexity index is 657. The van der Waals surface area contributed by atoms with Crippen LogP contribution < -0.4 is 15.5 Å². The number of piperazine rings is 2. The molecule has 2 fully saturated rings. The molecule has 9 heteroatoms. The van der Waals surface area contributed by atoms with Crippen LogP contribution in [0, 0.1) is 0 Å². The first kappa shape index (κ1) is 17.5. The average molecular weight is 356 g/mol. The van der Waals surface area contributed by atoms with Gasteiger partial charge in [-0.1, -0.05) is 6.07 Å². The molecule has 2 saturated heterocycles. The van der Waals surface area contributed by atoms with E-state index in [0.717, 1.165) is 12.1 Å². The molecule has 0 aliphatic carbocycles. The smallest absolute Gasteiger partial charge is 0.368 e. The molecule has 6 nitrogen and oxygen atoms in total. The van der Waals surface area contributed by atoms with Gasteiger partial charge in [0, 0.05) is 38.4 Å². The Balaban J connectivity index is 1.60. The third-order valence-electron chi connectivity index (χ3n) is 4.40. The zero-order chi connectivity index (χ0) is 18.0. The van der Waals surface area contributed by atoms with Crippen LogP contribution in [0.2, 0.25) is 0 Å². The number of nitrogens with zero attached hydrogens (tertiary/aromatic N) is 2. The molecule has 2 N–H and O–H groups in total. The van der Waals surface area contributed by atoms with Gasteiger partial charge in [0.05, 0.1) is 12.1 Å². The molecule has 3 rings (SSSR count). The Morgan fingerprint density at radius 2 is 1.88 bits per heavy atom. The first-order chi connectivity index (χ1) is 11.8. The van der Waals surface area contributed by atoms with Crippen molar-refractivity contribution in [2.75, 3.05) is 44.2 Å². The Morgan fingerprint density at radius 1 is 1.16 bits per heavy atom. The van der Waals surface area contributed by atoms with Crippen LogP contribution in [0.5, 0.6) is 0 Å². The minimum absolute atomic E-state index is 0.163. The number of carbonyl (C=O) groups excluding carboxylic acids is 2. The molecule has 1 atom stereocenters. The predicted molar refractivity (Wildman–Crippen MR) is 85.0 cm³/mol. The van der Waals surface area contributed by atoms with E-state index < -0.39 is 17.8 Å². The highest BCUT2D eigenvalue weighted by molar-refractivity contribution is 5.89. The molecule has 0 radical (unpaired) electrons. The highest BCUT2D eigenvalue weighted by Crippen LogP contribution is 2.31. The summed E-state index contributed by atoms with van der Waals surface area (Å²) in [7, 11) is 0. The van der Waals surface area contributed by atoms with Gasteiger partial charge in [0.15, 0.2) is 0 Å². The summed E-state index contributed by atoms with van der Waals surface area (Å²) in [5.41, 5.74) is -0.186. The zero-order valence-electron chi connectivity index (χ0n) is 13.5. The highest BCUT2D eigenvalue weighted by Gasteiger charge is 2.32. The summed E-state index contributed by atoms with van der Waals surface area (Å²) >= 11 is 0. The molecular formula is C16H19F3N4O2.